The second-order valence-corrected chi connectivity index (χ2v) is 8.56. The maximum atomic E-state index is 13.3. The zero-order chi connectivity index (χ0) is 25.7. The van der Waals surface area contributed by atoms with Crippen molar-refractivity contribution in [3.63, 3.8) is 0 Å². The topological polar surface area (TPSA) is 119 Å². The molecule has 0 unspecified atom stereocenters. The molecule has 1 atom stereocenters. The standard InChI is InChI=1S/C23H28F2N6O5/c1-3-23(24,25)14-35-20-5-4-17(10-26-20)36-18-6-7-31(21(18)33)16-8-27-22(28-9-16)30-11-15(12-30)29-19(32)13-34-2/h4-5,8-10,15,18H,3,6-7,11-14H2,1-2H3,(H,29,32)/t18-/m1/s1. The number of anilines is 2. The zero-order valence-electron chi connectivity index (χ0n) is 20.0. The Hall–Kier alpha value is -3.61. The van der Waals surface area contributed by atoms with E-state index in [1.54, 1.807) is 17.3 Å². The molecule has 2 aromatic rings. The van der Waals surface area contributed by atoms with Crippen molar-refractivity contribution >= 4 is 23.5 Å². The monoisotopic (exact) mass is 506 g/mol. The fourth-order valence-electron chi connectivity index (χ4n) is 3.74. The van der Waals surface area contributed by atoms with Gasteiger partial charge in [-0.05, 0) is 6.07 Å². The predicted molar refractivity (Wildman–Crippen MR) is 124 cm³/mol. The van der Waals surface area contributed by atoms with Crippen molar-refractivity contribution in [1.29, 1.82) is 0 Å². The van der Waals surface area contributed by atoms with Crippen molar-refractivity contribution in [2.75, 3.05) is 49.8 Å². The first-order chi connectivity index (χ1) is 17.3. The molecule has 4 heterocycles. The number of ether oxygens (including phenoxy) is 3. The van der Waals surface area contributed by atoms with Crippen LogP contribution in [0.5, 0.6) is 11.6 Å². The molecule has 0 aromatic carbocycles. The number of aromatic nitrogens is 3. The average molecular weight is 507 g/mol. The molecule has 2 aliphatic rings. The Morgan fingerprint density at radius 2 is 1.94 bits per heavy atom. The number of halogens is 2. The summed E-state index contributed by atoms with van der Waals surface area (Å²) in [7, 11) is 1.47. The summed E-state index contributed by atoms with van der Waals surface area (Å²) in [6.45, 7) is 2.26. The van der Waals surface area contributed by atoms with E-state index in [0.717, 1.165) is 0 Å². The van der Waals surface area contributed by atoms with Gasteiger partial charge in [-0.3, -0.25) is 9.59 Å². The van der Waals surface area contributed by atoms with E-state index in [1.807, 2.05) is 4.90 Å². The zero-order valence-corrected chi connectivity index (χ0v) is 20.0. The molecule has 1 N–H and O–H groups in total. The molecule has 13 heteroatoms. The Bertz CT molecular complexity index is 1050. The van der Waals surface area contributed by atoms with Crippen molar-refractivity contribution in [2.45, 2.75) is 37.8 Å². The first-order valence-electron chi connectivity index (χ1n) is 11.6. The number of carbonyl (C=O) groups excluding carboxylic acids is 2. The smallest absolute Gasteiger partial charge is 0.281 e. The van der Waals surface area contributed by atoms with Crippen LogP contribution in [0.1, 0.15) is 19.8 Å². The van der Waals surface area contributed by atoms with E-state index >= 15 is 0 Å². The maximum absolute atomic E-state index is 13.3. The van der Waals surface area contributed by atoms with Crippen LogP contribution < -0.4 is 24.6 Å². The van der Waals surface area contributed by atoms with Crippen LogP contribution in [0.2, 0.25) is 0 Å². The normalized spacial score (nSPS) is 18.2. The van der Waals surface area contributed by atoms with Gasteiger partial charge in [-0.25, -0.2) is 23.7 Å². The Kier molecular flexibility index (Phi) is 7.77. The predicted octanol–water partition coefficient (Wildman–Crippen LogP) is 1.43. The number of hydrogen-bond acceptors (Lipinski definition) is 9. The number of methoxy groups -OCH3 is 1. The molecule has 0 aliphatic carbocycles. The number of nitrogens with zero attached hydrogens (tertiary/aromatic N) is 5. The summed E-state index contributed by atoms with van der Waals surface area (Å²) in [6.07, 6.45) is 3.92. The molecule has 36 heavy (non-hydrogen) atoms. The number of amides is 2. The first kappa shape index (κ1) is 25.5. The van der Waals surface area contributed by atoms with Gasteiger partial charge < -0.3 is 29.3 Å². The largest absolute Gasteiger partial charge is 0.479 e. The van der Waals surface area contributed by atoms with E-state index < -0.39 is 18.6 Å². The highest BCUT2D eigenvalue weighted by molar-refractivity contribution is 5.98. The lowest BCUT2D eigenvalue weighted by molar-refractivity contribution is -0.125. The third-order valence-corrected chi connectivity index (χ3v) is 5.83. The summed E-state index contributed by atoms with van der Waals surface area (Å²) in [4.78, 5) is 40.6. The third-order valence-electron chi connectivity index (χ3n) is 5.83. The molecule has 0 radical (unpaired) electrons. The van der Waals surface area contributed by atoms with Crippen LogP contribution >= 0.6 is 0 Å². The minimum Gasteiger partial charge on any atom is -0.479 e. The van der Waals surface area contributed by atoms with E-state index in [1.165, 1.54) is 32.4 Å². The summed E-state index contributed by atoms with van der Waals surface area (Å²) < 4.78 is 42.2. The fraction of sp³-hybridized carbons (Fsp3) is 0.522. The molecule has 0 spiro atoms. The average Bonchev–Trinajstić information content (AvgIpc) is 3.21. The number of pyridine rings is 1. The molecular weight excluding hydrogens is 478 g/mol. The van der Waals surface area contributed by atoms with Crippen LogP contribution in [0.4, 0.5) is 20.4 Å². The number of carbonyl (C=O) groups is 2. The molecule has 2 saturated heterocycles. The van der Waals surface area contributed by atoms with Gasteiger partial charge in [0.05, 0.1) is 30.3 Å². The summed E-state index contributed by atoms with van der Waals surface area (Å²) in [5, 5.41) is 2.85. The van der Waals surface area contributed by atoms with Gasteiger partial charge in [-0.2, -0.15) is 0 Å². The van der Waals surface area contributed by atoms with Crippen LogP contribution in [-0.4, -0.2) is 84.8 Å². The fourth-order valence-corrected chi connectivity index (χ4v) is 3.74. The van der Waals surface area contributed by atoms with Gasteiger partial charge in [0.2, 0.25) is 17.7 Å². The van der Waals surface area contributed by atoms with E-state index in [2.05, 4.69) is 20.3 Å². The Balaban J connectivity index is 1.26. The lowest BCUT2D eigenvalue weighted by Crippen LogP contribution is -2.60. The molecular formula is C23H28F2N6O5. The van der Waals surface area contributed by atoms with Crippen molar-refractivity contribution in [2.24, 2.45) is 0 Å². The molecule has 194 valence electrons. The highest BCUT2D eigenvalue weighted by Crippen LogP contribution is 2.26. The van der Waals surface area contributed by atoms with Gasteiger partial charge >= 0.3 is 0 Å². The second kappa shape index (κ2) is 11.0. The summed E-state index contributed by atoms with van der Waals surface area (Å²) >= 11 is 0. The molecule has 2 aliphatic heterocycles. The molecule has 0 bridgehead atoms. The molecule has 11 nitrogen and oxygen atoms in total. The van der Waals surface area contributed by atoms with Gasteiger partial charge in [0.15, 0.2) is 12.7 Å². The van der Waals surface area contributed by atoms with Crippen molar-refractivity contribution in [3.05, 3.63) is 30.7 Å². The number of alkyl halides is 2. The number of rotatable bonds is 11. The van der Waals surface area contributed by atoms with Crippen molar-refractivity contribution < 1.29 is 32.6 Å². The SMILES string of the molecule is CCC(F)(F)COc1ccc(O[C@@H]2CCN(c3cnc(N4CC(NC(=O)COC)C4)nc3)C2=O)cn1. The van der Waals surface area contributed by atoms with Crippen molar-refractivity contribution in [3.8, 4) is 11.6 Å². The maximum Gasteiger partial charge on any atom is 0.281 e. The van der Waals surface area contributed by atoms with Gasteiger partial charge in [0.25, 0.3) is 11.8 Å². The minimum absolute atomic E-state index is 0.0152. The Morgan fingerprint density at radius 3 is 2.58 bits per heavy atom. The number of hydrogen-bond donors (Lipinski definition) is 1. The van der Waals surface area contributed by atoms with Gasteiger partial charge in [-0.1, -0.05) is 6.92 Å². The minimum atomic E-state index is -2.92. The second-order valence-electron chi connectivity index (χ2n) is 8.56. The lowest BCUT2D eigenvalue weighted by Gasteiger charge is -2.39. The van der Waals surface area contributed by atoms with E-state index in [9.17, 15) is 18.4 Å². The number of nitrogens with one attached hydrogen (secondary N) is 1. The summed E-state index contributed by atoms with van der Waals surface area (Å²) in [6, 6.07) is 2.97. The van der Waals surface area contributed by atoms with Crippen molar-refractivity contribution in [1.82, 2.24) is 20.3 Å². The quantitative estimate of drug-likeness (QED) is 0.483. The Morgan fingerprint density at radius 1 is 1.19 bits per heavy atom. The van der Waals surface area contributed by atoms with Crippen LogP contribution in [-0.2, 0) is 14.3 Å². The van der Waals surface area contributed by atoms with E-state index in [0.29, 0.717) is 43.4 Å². The van der Waals surface area contributed by atoms with Crippen LogP contribution in [0.3, 0.4) is 0 Å². The van der Waals surface area contributed by atoms with Crippen LogP contribution in [0, 0.1) is 0 Å². The van der Waals surface area contributed by atoms with E-state index in [-0.39, 0.29) is 36.8 Å². The summed E-state index contributed by atoms with van der Waals surface area (Å²) in [5.74, 6) is -2.42. The van der Waals surface area contributed by atoms with E-state index in [4.69, 9.17) is 14.2 Å². The molecule has 0 saturated carbocycles. The lowest BCUT2D eigenvalue weighted by atomic mass is 10.1. The van der Waals surface area contributed by atoms with Gasteiger partial charge in [-0.15, -0.1) is 0 Å². The third kappa shape index (κ3) is 6.14. The van der Waals surface area contributed by atoms with Crippen LogP contribution in [0.25, 0.3) is 0 Å². The highest BCUT2D eigenvalue weighted by Gasteiger charge is 2.35. The summed E-state index contributed by atoms with van der Waals surface area (Å²) in [5.41, 5.74) is 0.555. The van der Waals surface area contributed by atoms with Crippen LogP contribution in [0.15, 0.2) is 30.7 Å². The molecule has 2 fully saturated rings. The van der Waals surface area contributed by atoms with Gasteiger partial charge in [0.1, 0.15) is 12.4 Å². The molecule has 2 aromatic heterocycles. The Labute approximate surface area is 206 Å². The van der Waals surface area contributed by atoms with Gasteiger partial charge in [0, 0.05) is 45.7 Å². The first-order valence-corrected chi connectivity index (χ1v) is 11.6. The highest BCUT2D eigenvalue weighted by atomic mass is 19.3. The molecule has 4 rings (SSSR count). The molecule has 2 amide bonds.